The molecule has 1 aliphatic heterocycles. The smallest absolute Gasteiger partial charge is 0.246 e. The van der Waals surface area contributed by atoms with Crippen LogP contribution in [0.3, 0.4) is 0 Å². The van der Waals surface area contributed by atoms with Crippen molar-refractivity contribution in [1.29, 1.82) is 0 Å². The monoisotopic (exact) mass is 282 g/mol. The first kappa shape index (κ1) is 13.5. The lowest BCUT2D eigenvalue weighted by molar-refractivity contribution is -0.144. The molecule has 5 nitrogen and oxygen atoms in total. The summed E-state index contributed by atoms with van der Waals surface area (Å²) in [5.74, 6) is -1.77. The van der Waals surface area contributed by atoms with Crippen molar-refractivity contribution in [2.45, 2.75) is 4.90 Å². The van der Waals surface area contributed by atoms with Crippen LogP contribution in [0.2, 0.25) is 0 Å². The fourth-order valence-electron chi connectivity index (χ4n) is 1.61. The minimum Gasteiger partial charge on any atom is -0.323 e. The van der Waals surface area contributed by atoms with E-state index >= 15 is 0 Å². The molecule has 0 aromatic heterocycles. The predicted octanol–water partition coefficient (Wildman–Crippen LogP) is 0.403. The predicted molar refractivity (Wildman–Crippen MR) is 66.9 cm³/mol. The van der Waals surface area contributed by atoms with E-state index in [0.717, 1.165) is 16.7 Å². The van der Waals surface area contributed by atoms with Crippen molar-refractivity contribution in [3.05, 3.63) is 30.1 Å². The molecule has 1 N–H and O–H groups in total. The molecule has 1 fully saturated rings. The molecule has 0 unspecified atom stereocenters. The summed E-state index contributed by atoms with van der Waals surface area (Å²) in [5, 5.41) is 2.11. The number of rotatable bonds is 3. The van der Waals surface area contributed by atoms with Crippen molar-refractivity contribution in [3.8, 4) is 0 Å². The Hall–Kier alpha value is -1.89. The number of benzene rings is 1. The highest BCUT2D eigenvalue weighted by molar-refractivity contribution is 8.00. The van der Waals surface area contributed by atoms with Gasteiger partial charge in [0.25, 0.3) is 0 Å². The van der Waals surface area contributed by atoms with Crippen LogP contribution in [-0.2, 0) is 14.4 Å². The molecule has 7 heteroatoms. The third-order valence-electron chi connectivity index (χ3n) is 2.49. The first-order valence-electron chi connectivity index (χ1n) is 5.54. The van der Waals surface area contributed by atoms with E-state index in [0.29, 0.717) is 4.90 Å². The number of amides is 3. The van der Waals surface area contributed by atoms with Gasteiger partial charge in [-0.3, -0.25) is 19.7 Å². The summed E-state index contributed by atoms with van der Waals surface area (Å²) < 4.78 is 13.3. The minimum atomic E-state index is -0.500. The van der Waals surface area contributed by atoms with Gasteiger partial charge in [-0.15, -0.1) is 11.8 Å². The lowest BCUT2D eigenvalue weighted by atomic mass is 10.3. The number of hydrogen-bond donors (Lipinski definition) is 1. The zero-order valence-corrected chi connectivity index (χ0v) is 10.7. The number of thioether (sulfide) groups is 1. The van der Waals surface area contributed by atoms with Gasteiger partial charge in [-0.2, -0.15) is 0 Å². The molecule has 0 saturated carbocycles. The van der Waals surface area contributed by atoms with Crippen molar-refractivity contribution < 1.29 is 18.8 Å². The van der Waals surface area contributed by atoms with Crippen LogP contribution >= 0.6 is 11.8 Å². The van der Waals surface area contributed by atoms with Gasteiger partial charge >= 0.3 is 0 Å². The van der Waals surface area contributed by atoms with E-state index in [-0.39, 0.29) is 24.7 Å². The van der Waals surface area contributed by atoms with E-state index in [1.807, 2.05) is 0 Å². The highest BCUT2D eigenvalue weighted by Gasteiger charge is 2.26. The molecule has 0 atom stereocenters. The highest BCUT2D eigenvalue weighted by Crippen LogP contribution is 2.21. The summed E-state index contributed by atoms with van der Waals surface area (Å²) in [4.78, 5) is 35.6. The van der Waals surface area contributed by atoms with Crippen LogP contribution in [0.1, 0.15) is 0 Å². The summed E-state index contributed by atoms with van der Waals surface area (Å²) in [5.41, 5.74) is 0. The van der Waals surface area contributed by atoms with Crippen LogP contribution in [0.25, 0.3) is 0 Å². The number of piperazine rings is 1. The second-order valence-corrected chi connectivity index (χ2v) is 4.96. The van der Waals surface area contributed by atoms with E-state index in [1.165, 1.54) is 6.07 Å². The van der Waals surface area contributed by atoms with Gasteiger partial charge in [-0.25, -0.2) is 4.39 Å². The maximum Gasteiger partial charge on any atom is 0.246 e. The van der Waals surface area contributed by atoms with Gasteiger partial charge in [-0.1, -0.05) is 12.1 Å². The third kappa shape index (κ3) is 3.54. The molecule has 3 amide bonds. The Bertz CT molecular complexity index is 519. The summed E-state index contributed by atoms with van der Waals surface area (Å²) in [7, 11) is 0. The largest absolute Gasteiger partial charge is 0.323 e. The first-order valence-corrected chi connectivity index (χ1v) is 6.52. The van der Waals surface area contributed by atoms with Gasteiger partial charge in [0.05, 0.1) is 5.75 Å². The summed E-state index contributed by atoms with van der Waals surface area (Å²) >= 11 is 1.04. The number of carbonyl (C=O) groups is 3. The molecule has 19 heavy (non-hydrogen) atoms. The highest BCUT2D eigenvalue weighted by atomic mass is 32.2. The average Bonchev–Trinajstić information content (AvgIpc) is 2.36. The van der Waals surface area contributed by atoms with Gasteiger partial charge < -0.3 is 4.90 Å². The number of hydrogen-bond acceptors (Lipinski definition) is 4. The van der Waals surface area contributed by atoms with Gasteiger partial charge in [0, 0.05) is 4.90 Å². The molecule has 0 spiro atoms. The first-order chi connectivity index (χ1) is 9.06. The lowest BCUT2D eigenvalue weighted by Crippen LogP contribution is -2.53. The Morgan fingerprint density at radius 3 is 2.53 bits per heavy atom. The average molecular weight is 282 g/mol. The number of halogens is 1. The van der Waals surface area contributed by atoms with Crippen LogP contribution in [0.4, 0.5) is 4.39 Å². The maximum atomic E-state index is 13.3. The van der Waals surface area contributed by atoms with Gasteiger partial charge in [0.2, 0.25) is 17.7 Å². The lowest BCUT2D eigenvalue weighted by Gasteiger charge is -2.25. The Labute approximate surface area is 113 Å². The fourth-order valence-corrected chi connectivity index (χ4v) is 2.45. The normalized spacial score (nSPS) is 15.3. The molecule has 1 aromatic carbocycles. The quantitative estimate of drug-likeness (QED) is 0.644. The Morgan fingerprint density at radius 2 is 1.89 bits per heavy atom. The zero-order chi connectivity index (χ0) is 13.8. The SMILES string of the molecule is O=C1CN(C(=O)CSc2ccccc2F)CC(=O)N1. The molecule has 1 aromatic rings. The molecular formula is C12H11FN2O3S. The summed E-state index contributed by atoms with van der Waals surface area (Å²) in [6.45, 7) is -0.273. The van der Waals surface area contributed by atoms with Gasteiger partial charge in [-0.05, 0) is 12.1 Å². The number of imide groups is 1. The van der Waals surface area contributed by atoms with Crippen molar-refractivity contribution in [3.63, 3.8) is 0 Å². The molecule has 1 saturated heterocycles. The van der Waals surface area contributed by atoms with Crippen LogP contribution in [0.15, 0.2) is 29.2 Å². The molecular weight excluding hydrogens is 271 g/mol. The van der Waals surface area contributed by atoms with Crippen LogP contribution in [0, 0.1) is 5.82 Å². The van der Waals surface area contributed by atoms with E-state index in [1.54, 1.807) is 18.2 Å². The number of nitrogens with one attached hydrogen (secondary N) is 1. The fraction of sp³-hybridized carbons (Fsp3) is 0.250. The van der Waals surface area contributed by atoms with Crippen LogP contribution in [-0.4, -0.2) is 41.5 Å². The van der Waals surface area contributed by atoms with E-state index in [9.17, 15) is 18.8 Å². The minimum absolute atomic E-state index is 0.0124. The second-order valence-electron chi connectivity index (χ2n) is 3.94. The number of carbonyl (C=O) groups excluding carboxylic acids is 3. The van der Waals surface area contributed by atoms with Gasteiger partial charge in [0.15, 0.2) is 0 Å². The van der Waals surface area contributed by atoms with Crippen molar-refractivity contribution in [2.75, 3.05) is 18.8 Å². The van der Waals surface area contributed by atoms with E-state index in [4.69, 9.17) is 0 Å². The summed E-state index contributed by atoms with van der Waals surface area (Å²) in [6.07, 6.45) is 0. The molecule has 0 bridgehead atoms. The molecule has 1 heterocycles. The standard InChI is InChI=1S/C12H11FN2O3S/c13-8-3-1-2-4-9(8)19-7-12(18)15-5-10(16)14-11(17)6-15/h1-4H,5-7H2,(H,14,16,17). The van der Waals surface area contributed by atoms with Crippen molar-refractivity contribution >= 4 is 29.5 Å². The molecule has 1 aliphatic rings. The topological polar surface area (TPSA) is 66.5 Å². The molecule has 2 rings (SSSR count). The Kier molecular flexibility index (Phi) is 4.16. The zero-order valence-electron chi connectivity index (χ0n) is 9.89. The Morgan fingerprint density at radius 1 is 1.26 bits per heavy atom. The van der Waals surface area contributed by atoms with E-state index < -0.39 is 17.6 Å². The summed E-state index contributed by atoms with van der Waals surface area (Å²) in [6, 6.07) is 6.12. The molecule has 0 radical (unpaired) electrons. The van der Waals surface area contributed by atoms with Crippen LogP contribution in [0.5, 0.6) is 0 Å². The van der Waals surface area contributed by atoms with Crippen molar-refractivity contribution in [2.24, 2.45) is 0 Å². The van der Waals surface area contributed by atoms with Crippen LogP contribution < -0.4 is 5.32 Å². The molecule has 100 valence electrons. The third-order valence-corrected chi connectivity index (χ3v) is 3.52. The van der Waals surface area contributed by atoms with Crippen molar-refractivity contribution in [1.82, 2.24) is 10.2 Å². The Balaban J connectivity index is 1.93. The van der Waals surface area contributed by atoms with E-state index in [2.05, 4.69) is 5.32 Å². The maximum absolute atomic E-state index is 13.3. The number of nitrogens with zero attached hydrogens (tertiary/aromatic N) is 1. The van der Waals surface area contributed by atoms with Gasteiger partial charge in [0.1, 0.15) is 18.9 Å². The molecule has 0 aliphatic carbocycles. The second kappa shape index (κ2) is 5.83.